The fraction of sp³-hybridized carbons (Fsp3) is 1.00. The number of aliphatic hydroxyl groups excluding tert-OH is 1. The van der Waals surface area contributed by atoms with Crippen LogP contribution in [0.4, 0.5) is 0 Å². The van der Waals surface area contributed by atoms with Crippen molar-refractivity contribution in [2.75, 3.05) is 20.6 Å². The van der Waals surface area contributed by atoms with Gasteiger partial charge in [0.15, 0.2) is 6.23 Å². The fourth-order valence-corrected chi connectivity index (χ4v) is 3.71. The van der Waals surface area contributed by atoms with Crippen LogP contribution in [-0.2, 0) is 0 Å². The lowest BCUT2D eigenvalue weighted by Gasteiger charge is -2.34. The van der Waals surface area contributed by atoms with Crippen molar-refractivity contribution in [2.45, 2.75) is 129 Å². The van der Waals surface area contributed by atoms with Gasteiger partial charge in [0.25, 0.3) is 0 Å². The fourth-order valence-electron chi connectivity index (χ4n) is 3.71. The molecule has 0 aromatic heterocycles. The second kappa shape index (κ2) is 20.1. The summed E-state index contributed by atoms with van der Waals surface area (Å²) in [5.41, 5.74) is 0. The van der Waals surface area contributed by atoms with E-state index in [4.69, 9.17) is 0 Å². The summed E-state index contributed by atoms with van der Waals surface area (Å²) in [7, 11) is 4.30. The van der Waals surface area contributed by atoms with Crippen molar-refractivity contribution in [3.05, 3.63) is 0 Å². The smallest absolute Gasteiger partial charge is 0.189 e. The van der Waals surface area contributed by atoms with Crippen LogP contribution in [0.1, 0.15) is 123 Å². The van der Waals surface area contributed by atoms with Gasteiger partial charge in [0.05, 0.1) is 20.6 Å². The highest BCUT2D eigenvalue weighted by Gasteiger charge is 2.23. The number of hydrogen-bond donors (Lipinski definition) is 1. The molecule has 1 atom stereocenters. The lowest BCUT2D eigenvalue weighted by molar-refractivity contribution is -0.937. The van der Waals surface area contributed by atoms with Crippen LogP contribution in [0.25, 0.3) is 0 Å². The molecule has 26 heavy (non-hydrogen) atoms. The summed E-state index contributed by atoms with van der Waals surface area (Å²) in [4.78, 5) is 0. The first-order valence-corrected chi connectivity index (χ1v) is 11.5. The maximum Gasteiger partial charge on any atom is 0.189 e. The molecule has 0 aromatic rings. The Morgan fingerprint density at radius 2 is 0.885 bits per heavy atom. The monoisotopic (exact) mass is 435 g/mol. The first-order chi connectivity index (χ1) is 12.0. The molecule has 3 heteroatoms. The predicted octanol–water partition coefficient (Wildman–Crippen LogP) is 4.06. The largest absolute Gasteiger partial charge is 1.00 e. The molecule has 0 aliphatic rings. The van der Waals surface area contributed by atoms with Crippen LogP contribution in [0, 0.1) is 0 Å². The Morgan fingerprint density at radius 1 is 0.577 bits per heavy atom. The van der Waals surface area contributed by atoms with Gasteiger partial charge in [-0.1, -0.05) is 104 Å². The second-order valence-electron chi connectivity index (χ2n) is 8.69. The van der Waals surface area contributed by atoms with Crippen LogP contribution < -0.4 is 17.0 Å². The van der Waals surface area contributed by atoms with E-state index in [0.717, 1.165) is 17.4 Å². The van der Waals surface area contributed by atoms with Gasteiger partial charge in [-0.2, -0.15) is 0 Å². The first kappa shape index (κ1) is 28.6. The lowest BCUT2D eigenvalue weighted by atomic mass is 10.0. The number of quaternary nitrogens is 1. The molecule has 0 saturated carbocycles. The molecule has 1 unspecified atom stereocenters. The van der Waals surface area contributed by atoms with Crippen LogP contribution in [0.2, 0.25) is 0 Å². The molecular weight excluding hydrogens is 386 g/mol. The zero-order valence-electron chi connectivity index (χ0n) is 18.6. The molecule has 1 N–H and O–H groups in total. The average Bonchev–Trinajstić information content (AvgIpc) is 2.60. The van der Waals surface area contributed by atoms with Gasteiger partial charge in [-0.25, -0.2) is 0 Å². The van der Waals surface area contributed by atoms with E-state index >= 15 is 0 Å². The maximum atomic E-state index is 9.98. The lowest BCUT2D eigenvalue weighted by Crippen LogP contribution is -3.00. The molecule has 0 aliphatic heterocycles. The molecule has 0 aromatic carbocycles. The highest BCUT2D eigenvalue weighted by atomic mass is 79.9. The van der Waals surface area contributed by atoms with Crippen LogP contribution >= 0.6 is 0 Å². The molecule has 2 nitrogen and oxygen atoms in total. The van der Waals surface area contributed by atoms with Crippen molar-refractivity contribution < 1.29 is 26.6 Å². The van der Waals surface area contributed by atoms with Gasteiger partial charge in [0, 0.05) is 6.42 Å². The minimum atomic E-state index is -0.198. The van der Waals surface area contributed by atoms with Crippen molar-refractivity contribution in [1.29, 1.82) is 0 Å². The van der Waals surface area contributed by atoms with E-state index in [2.05, 4.69) is 27.9 Å². The van der Waals surface area contributed by atoms with Crippen LogP contribution in [0.5, 0.6) is 0 Å². The van der Waals surface area contributed by atoms with E-state index < -0.39 is 0 Å². The zero-order chi connectivity index (χ0) is 18.8. The molecule has 0 spiro atoms. The zero-order valence-corrected chi connectivity index (χ0v) is 20.2. The molecule has 0 saturated heterocycles. The Bertz CT molecular complexity index is 271. The van der Waals surface area contributed by atoms with Crippen molar-refractivity contribution in [3.8, 4) is 0 Å². The normalized spacial score (nSPS) is 12.8. The van der Waals surface area contributed by atoms with Crippen molar-refractivity contribution in [2.24, 2.45) is 0 Å². The first-order valence-electron chi connectivity index (χ1n) is 11.5. The van der Waals surface area contributed by atoms with E-state index in [1.807, 2.05) is 0 Å². The number of unbranched alkanes of at least 4 members (excludes halogenated alkanes) is 15. The summed E-state index contributed by atoms with van der Waals surface area (Å²) >= 11 is 0. The van der Waals surface area contributed by atoms with Crippen LogP contribution in [-0.4, -0.2) is 36.5 Å². The summed E-state index contributed by atoms with van der Waals surface area (Å²) in [6, 6.07) is 0. The van der Waals surface area contributed by atoms with Crippen LogP contribution in [0.15, 0.2) is 0 Å². The molecule has 0 fully saturated rings. The topological polar surface area (TPSA) is 20.2 Å². The molecular formula is C23H50BrNO. The number of nitrogens with zero attached hydrogens (tertiary/aromatic N) is 1. The van der Waals surface area contributed by atoms with E-state index in [9.17, 15) is 5.11 Å². The number of rotatable bonds is 19. The highest BCUT2D eigenvalue weighted by Crippen LogP contribution is 2.15. The molecule has 0 heterocycles. The van der Waals surface area contributed by atoms with E-state index in [1.54, 1.807) is 0 Å². The molecule has 0 amide bonds. The SMILES string of the molecule is CCCCCCCCCCCCCCCCCC[N+](C)(C)C(O)CC.[Br-]. The van der Waals surface area contributed by atoms with Crippen LogP contribution in [0.3, 0.4) is 0 Å². The third-order valence-corrected chi connectivity index (χ3v) is 5.76. The summed E-state index contributed by atoms with van der Waals surface area (Å²) in [6.07, 6.45) is 23.3. The molecule has 160 valence electrons. The van der Waals surface area contributed by atoms with Crippen molar-refractivity contribution in [1.82, 2.24) is 0 Å². The maximum absolute atomic E-state index is 9.98. The van der Waals surface area contributed by atoms with E-state index in [0.29, 0.717) is 0 Å². The summed E-state index contributed by atoms with van der Waals surface area (Å²) in [5.74, 6) is 0. The van der Waals surface area contributed by atoms with E-state index in [1.165, 1.54) is 103 Å². The van der Waals surface area contributed by atoms with Gasteiger partial charge in [0.2, 0.25) is 0 Å². The number of halogens is 1. The third kappa shape index (κ3) is 17.8. The Morgan fingerprint density at radius 3 is 1.19 bits per heavy atom. The van der Waals surface area contributed by atoms with Crippen molar-refractivity contribution in [3.63, 3.8) is 0 Å². The summed E-state index contributed by atoms with van der Waals surface area (Å²) < 4.78 is 0.759. The van der Waals surface area contributed by atoms with E-state index in [-0.39, 0.29) is 23.2 Å². The minimum absolute atomic E-state index is 0. The van der Waals surface area contributed by atoms with Gasteiger partial charge in [-0.3, -0.25) is 0 Å². The quantitative estimate of drug-likeness (QED) is 0.184. The standard InChI is InChI=1S/C23H50NO.BrH/c1-5-7-8-9-10-11-12-13-14-15-16-17-18-19-20-21-22-24(3,4)23(25)6-2;/h23,25H,5-22H2,1-4H3;1H/q+1;/p-1. The average molecular weight is 437 g/mol. The Labute approximate surface area is 176 Å². The van der Waals surface area contributed by atoms with Gasteiger partial charge >= 0.3 is 0 Å². The van der Waals surface area contributed by atoms with Gasteiger partial charge in [-0.15, -0.1) is 0 Å². The Kier molecular flexibility index (Phi) is 22.2. The minimum Gasteiger partial charge on any atom is -1.00 e. The third-order valence-electron chi connectivity index (χ3n) is 5.76. The van der Waals surface area contributed by atoms with Crippen molar-refractivity contribution >= 4 is 0 Å². The highest BCUT2D eigenvalue weighted by molar-refractivity contribution is 4.50. The predicted molar refractivity (Wildman–Crippen MR) is 113 cm³/mol. The molecule has 0 rings (SSSR count). The van der Waals surface area contributed by atoms with Gasteiger partial charge < -0.3 is 26.6 Å². The number of aliphatic hydroxyl groups is 1. The van der Waals surface area contributed by atoms with Gasteiger partial charge in [0.1, 0.15) is 0 Å². The van der Waals surface area contributed by atoms with Gasteiger partial charge in [-0.05, 0) is 12.8 Å². The number of hydrogen-bond acceptors (Lipinski definition) is 1. The Balaban J connectivity index is 0. The summed E-state index contributed by atoms with van der Waals surface area (Å²) in [5, 5.41) is 9.98. The Hall–Kier alpha value is 0.400. The summed E-state index contributed by atoms with van der Waals surface area (Å²) in [6.45, 7) is 5.46. The molecule has 0 bridgehead atoms. The molecule has 0 aliphatic carbocycles. The second-order valence-corrected chi connectivity index (χ2v) is 8.69. The molecule has 0 radical (unpaired) electrons.